The molecule has 0 bridgehead atoms. The van der Waals surface area contributed by atoms with Crippen molar-refractivity contribution in [1.29, 1.82) is 5.26 Å². The lowest BCUT2D eigenvalue weighted by Crippen LogP contribution is -2.43. The molecule has 82 valence electrons. The van der Waals surface area contributed by atoms with E-state index in [1.165, 1.54) is 0 Å². The van der Waals surface area contributed by atoms with Gasteiger partial charge in [0.2, 0.25) is 0 Å². The molecular formula is C14H15NO. The van der Waals surface area contributed by atoms with Crippen LogP contribution in [0.1, 0.15) is 32.1 Å². The van der Waals surface area contributed by atoms with E-state index in [0.29, 0.717) is 6.42 Å². The Labute approximate surface area is 95.6 Å². The average molecular weight is 213 g/mol. The molecule has 2 nitrogen and oxygen atoms in total. The molecule has 0 amide bonds. The highest BCUT2D eigenvalue weighted by Gasteiger charge is 2.63. The first-order valence-electron chi connectivity index (χ1n) is 5.96. The van der Waals surface area contributed by atoms with Crippen molar-refractivity contribution in [3.63, 3.8) is 0 Å². The van der Waals surface area contributed by atoms with Crippen LogP contribution in [0.3, 0.4) is 0 Å². The molecule has 1 atom stereocenters. The fourth-order valence-corrected chi connectivity index (χ4v) is 4.01. The Morgan fingerprint density at radius 3 is 2.25 bits per heavy atom. The molecule has 0 N–H and O–H groups in total. The zero-order chi connectivity index (χ0) is 11.2. The van der Waals surface area contributed by atoms with Gasteiger partial charge in [0.15, 0.2) is 5.78 Å². The average Bonchev–Trinajstić information content (AvgIpc) is 2.56. The zero-order valence-electron chi connectivity index (χ0n) is 9.28. The van der Waals surface area contributed by atoms with Gasteiger partial charge in [-0.3, -0.25) is 4.79 Å². The summed E-state index contributed by atoms with van der Waals surface area (Å²) in [7, 11) is 0. The smallest absolute Gasteiger partial charge is 0.151 e. The number of Topliss-reactive ketones (excluding diaryl/α,β-unsaturated/α-hetero) is 1. The molecule has 1 unspecified atom stereocenters. The lowest BCUT2D eigenvalue weighted by atomic mass is 9.53. The molecule has 2 heteroatoms. The lowest BCUT2D eigenvalue weighted by molar-refractivity contribution is -0.120. The zero-order valence-corrected chi connectivity index (χ0v) is 9.28. The van der Waals surface area contributed by atoms with Crippen molar-refractivity contribution in [2.45, 2.75) is 32.1 Å². The maximum atomic E-state index is 12.0. The molecule has 0 aromatic rings. The SMILES string of the molecule is N#CC1C(=O)CC23CC=CCC12CC=CC3. The van der Waals surface area contributed by atoms with Crippen molar-refractivity contribution < 1.29 is 4.79 Å². The van der Waals surface area contributed by atoms with Crippen LogP contribution in [0.5, 0.6) is 0 Å². The van der Waals surface area contributed by atoms with Crippen LogP contribution in [0.25, 0.3) is 0 Å². The molecule has 1 fully saturated rings. The summed E-state index contributed by atoms with van der Waals surface area (Å²) in [6.07, 6.45) is 13.1. The number of rotatable bonds is 0. The van der Waals surface area contributed by atoms with E-state index in [0.717, 1.165) is 25.7 Å². The van der Waals surface area contributed by atoms with Crippen molar-refractivity contribution in [1.82, 2.24) is 0 Å². The summed E-state index contributed by atoms with van der Waals surface area (Å²) in [6.45, 7) is 0. The number of carbonyl (C=O) groups is 1. The minimum atomic E-state index is -0.373. The van der Waals surface area contributed by atoms with E-state index in [-0.39, 0.29) is 22.5 Å². The highest BCUT2D eigenvalue weighted by atomic mass is 16.1. The molecule has 16 heavy (non-hydrogen) atoms. The lowest BCUT2D eigenvalue weighted by Gasteiger charge is -2.49. The maximum absolute atomic E-state index is 12.0. The Hall–Kier alpha value is -1.36. The second-order valence-electron chi connectivity index (χ2n) is 5.40. The number of hydrogen-bond donors (Lipinski definition) is 0. The van der Waals surface area contributed by atoms with Crippen molar-refractivity contribution in [3.8, 4) is 6.07 Å². The number of ketones is 1. The van der Waals surface area contributed by atoms with Crippen molar-refractivity contribution >= 4 is 5.78 Å². The highest BCUT2D eigenvalue weighted by Crippen LogP contribution is 2.65. The number of nitrogens with zero attached hydrogens (tertiary/aromatic N) is 1. The molecule has 3 aliphatic carbocycles. The molecule has 0 aliphatic heterocycles. The summed E-state index contributed by atoms with van der Waals surface area (Å²) >= 11 is 0. The van der Waals surface area contributed by atoms with Gasteiger partial charge in [-0.15, -0.1) is 0 Å². The summed E-state index contributed by atoms with van der Waals surface area (Å²) in [6, 6.07) is 2.28. The minimum Gasteiger partial charge on any atom is -0.298 e. The predicted molar refractivity (Wildman–Crippen MR) is 60.3 cm³/mol. The van der Waals surface area contributed by atoms with Crippen LogP contribution < -0.4 is 0 Å². The van der Waals surface area contributed by atoms with Gasteiger partial charge in [-0.1, -0.05) is 24.3 Å². The minimum absolute atomic E-state index is 0.0635. The molecule has 0 saturated heterocycles. The fourth-order valence-electron chi connectivity index (χ4n) is 4.01. The third kappa shape index (κ3) is 0.942. The van der Waals surface area contributed by atoms with Gasteiger partial charge in [0.1, 0.15) is 5.92 Å². The predicted octanol–water partition coefficient (Wildman–Crippen LogP) is 2.77. The molecule has 0 aromatic heterocycles. The summed E-state index contributed by atoms with van der Waals surface area (Å²) in [5, 5.41) is 9.29. The third-order valence-electron chi connectivity index (χ3n) is 4.89. The van der Waals surface area contributed by atoms with E-state index in [1.54, 1.807) is 0 Å². The van der Waals surface area contributed by atoms with Crippen LogP contribution in [-0.2, 0) is 4.79 Å². The Balaban J connectivity index is 2.17. The van der Waals surface area contributed by atoms with Crippen LogP contribution in [0.2, 0.25) is 0 Å². The first kappa shape index (κ1) is 9.84. The van der Waals surface area contributed by atoms with Gasteiger partial charge in [0.05, 0.1) is 6.07 Å². The normalized spacial score (nSPS) is 44.9. The van der Waals surface area contributed by atoms with Gasteiger partial charge >= 0.3 is 0 Å². The van der Waals surface area contributed by atoms with Crippen LogP contribution >= 0.6 is 0 Å². The molecule has 0 spiro atoms. The molecular weight excluding hydrogens is 198 g/mol. The van der Waals surface area contributed by atoms with E-state index >= 15 is 0 Å². The van der Waals surface area contributed by atoms with Gasteiger partial charge in [0.25, 0.3) is 0 Å². The molecule has 0 radical (unpaired) electrons. The summed E-state index contributed by atoms with van der Waals surface area (Å²) < 4.78 is 0. The van der Waals surface area contributed by atoms with Crippen molar-refractivity contribution in [3.05, 3.63) is 24.3 Å². The monoisotopic (exact) mass is 213 g/mol. The highest BCUT2D eigenvalue weighted by molar-refractivity contribution is 5.88. The number of carbonyl (C=O) groups excluding carboxylic acids is 1. The Bertz CT molecular complexity index is 420. The first-order chi connectivity index (χ1) is 7.74. The molecule has 0 aromatic carbocycles. The largest absolute Gasteiger partial charge is 0.298 e. The van der Waals surface area contributed by atoms with Crippen molar-refractivity contribution in [2.24, 2.45) is 16.7 Å². The first-order valence-corrected chi connectivity index (χ1v) is 5.96. The van der Waals surface area contributed by atoms with Crippen LogP contribution in [0, 0.1) is 28.1 Å². The molecule has 3 aliphatic rings. The molecule has 3 rings (SSSR count). The quantitative estimate of drug-likeness (QED) is 0.580. The Morgan fingerprint density at radius 1 is 1.12 bits per heavy atom. The molecule has 1 saturated carbocycles. The van der Waals surface area contributed by atoms with Crippen LogP contribution in [0.4, 0.5) is 0 Å². The van der Waals surface area contributed by atoms with E-state index in [1.807, 2.05) is 0 Å². The second-order valence-corrected chi connectivity index (χ2v) is 5.40. The topological polar surface area (TPSA) is 40.9 Å². The number of hydrogen-bond acceptors (Lipinski definition) is 2. The van der Waals surface area contributed by atoms with Crippen LogP contribution in [0.15, 0.2) is 24.3 Å². The van der Waals surface area contributed by atoms with Gasteiger partial charge in [-0.2, -0.15) is 5.26 Å². The summed E-state index contributed by atoms with van der Waals surface area (Å²) in [5.74, 6) is -0.197. The third-order valence-corrected chi connectivity index (χ3v) is 4.89. The van der Waals surface area contributed by atoms with Crippen molar-refractivity contribution in [2.75, 3.05) is 0 Å². The second kappa shape index (κ2) is 3.07. The summed E-state index contributed by atoms with van der Waals surface area (Å²) in [4.78, 5) is 12.0. The van der Waals surface area contributed by atoms with E-state index in [4.69, 9.17) is 0 Å². The Morgan fingerprint density at radius 2 is 1.69 bits per heavy atom. The van der Waals surface area contributed by atoms with Gasteiger partial charge in [-0.25, -0.2) is 0 Å². The maximum Gasteiger partial charge on any atom is 0.151 e. The fraction of sp³-hybridized carbons (Fsp3) is 0.571. The van der Waals surface area contributed by atoms with E-state index in [9.17, 15) is 10.1 Å². The number of nitriles is 1. The van der Waals surface area contributed by atoms with E-state index in [2.05, 4.69) is 30.4 Å². The standard InChI is InChI=1S/C14H15NO/c15-10-11-12(16)9-13-5-1-3-7-14(11,13)8-4-2-6-13/h1-4,11H,5-9H2. The van der Waals surface area contributed by atoms with Crippen LogP contribution in [-0.4, -0.2) is 5.78 Å². The van der Waals surface area contributed by atoms with Gasteiger partial charge < -0.3 is 0 Å². The van der Waals surface area contributed by atoms with Gasteiger partial charge in [0, 0.05) is 11.8 Å². The van der Waals surface area contributed by atoms with E-state index < -0.39 is 0 Å². The number of allylic oxidation sites excluding steroid dienone is 4. The Kier molecular flexibility index (Phi) is 1.89. The molecule has 0 heterocycles. The summed E-state index contributed by atoms with van der Waals surface area (Å²) in [5.41, 5.74) is -0.0175. The van der Waals surface area contributed by atoms with Gasteiger partial charge in [-0.05, 0) is 31.1 Å².